The van der Waals surface area contributed by atoms with Crippen LogP contribution in [0.25, 0.3) is 0 Å². The molecule has 1 atom stereocenters. The van der Waals surface area contributed by atoms with E-state index in [-0.39, 0.29) is 0 Å². The number of fused-ring (bicyclic) bond motifs is 1. The zero-order valence-electron chi connectivity index (χ0n) is 11.9. The fraction of sp³-hybridized carbons (Fsp3) is 0.438. The summed E-state index contributed by atoms with van der Waals surface area (Å²) in [6.07, 6.45) is 2.23. The first-order chi connectivity index (χ1) is 9.83. The minimum atomic E-state index is 0.653. The summed E-state index contributed by atoms with van der Waals surface area (Å²) < 4.78 is 0. The number of hydrogen-bond acceptors (Lipinski definition) is 4. The third kappa shape index (κ3) is 3.19. The highest BCUT2D eigenvalue weighted by Crippen LogP contribution is 2.32. The Morgan fingerprint density at radius 3 is 3.10 bits per heavy atom. The minimum Gasteiger partial charge on any atom is -0.384 e. The molecule has 3 rings (SSSR count). The van der Waals surface area contributed by atoms with Crippen molar-refractivity contribution >= 4 is 17.0 Å². The molecule has 0 bridgehead atoms. The molecule has 4 heteroatoms. The number of nitrogens with one attached hydrogen (secondary N) is 2. The van der Waals surface area contributed by atoms with Crippen molar-refractivity contribution in [3.8, 4) is 0 Å². The average molecular weight is 287 g/mol. The third-order valence-electron chi connectivity index (χ3n) is 3.83. The highest BCUT2D eigenvalue weighted by molar-refractivity contribution is 7.09. The second kappa shape index (κ2) is 6.37. The second-order valence-corrected chi connectivity index (χ2v) is 6.37. The monoisotopic (exact) mass is 287 g/mol. The largest absolute Gasteiger partial charge is 0.384 e. The van der Waals surface area contributed by atoms with Gasteiger partial charge in [-0.3, -0.25) is 0 Å². The first kappa shape index (κ1) is 13.6. The summed E-state index contributed by atoms with van der Waals surface area (Å²) in [5.74, 6) is 0.653. The summed E-state index contributed by atoms with van der Waals surface area (Å²) in [6.45, 7) is 5.23. The van der Waals surface area contributed by atoms with Crippen molar-refractivity contribution in [3.05, 3.63) is 45.9 Å². The Morgan fingerprint density at radius 1 is 1.35 bits per heavy atom. The van der Waals surface area contributed by atoms with E-state index < -0.39 is 0 Å². The summed E-state index contributed by atoms with van der Waals surface area (Å²) in [7, 11) is 0. The van der Waals surface area contributed by atoms with E-state index in [0.29, 0.717) is 5.92 Å². The van der Waals surface area contributed by atoms with Gasteiger partial charge >= 0.3 is 0 Å². The van der Waals surface area contributed by atoms with Crippen LogP contribution in [0.4, 0.5) is 5.69 Å². The van der Waals surface area contributed by atoms with E-state index in [2.05, 4.69) is 52.2 Å². The standard InChI is InChI=1S/C16H21N3S/c1-12-19-14(11-20-12)7-9-17-8-6-13-10-18-16-5-3-2-4-15(13)16/h2-5,11,13,17-18H,6-10H2,1H3. The molecule has 0 spiro atoms. The molecule has 0 amide bonds. The molecule has 2 aromatic rings. The van der Waals surface area contributed by atoms with Gasteiger partial charge in [0.1, 0.15) is 0 Å². The maximum atomic E-state index is 4.48. The van der Waals surface area contributed by atoms with Crippen LogP contribution in [0, 0.1) is 6.92 Å². The van der Waals surface area contributed by atoms with Gasteiger partial charge in [-0.25, -0.2) is 4.98 Å². The lowest BCUT2D eigenvalue weighted by Gasteiger charge is -2.10. The lowest BCUT2D eigenvalue weighted by atomic mass is 9.98. The zero-order valence-corrected chi connectivity index (χ0v) is 12.7. The lowest BCUT2D eigenvalue weighted by Crippen LogP contribution is -2.21. The van der Waals surface area contributed by atoms with Crippen LogP contribution >= 0.6 is 11.3 Å². The molecule has 2 N–H and O–H groups in total. The van der Waals surface area contributed by atoms with Crippen LogP contribution in [0.3, 0.4) is 0 Å². The van der Waals surface area contributed by atoms with Crippen LogP contribution in [0.2, 0.25) is 0 Å². The molecule has 1 aromatic carbocycles. The van der Waals surface area contributed by atoms with E-state index in [1.165, 1.54) is 23.4 Å². The van der Waals surface area contributed by atoms with Crippen LogP contribution in [0.5, 0.6) is 0 Å². The van der Waals surface area contributed by atoms with E-state index in [9.17, 15) is 0 Å². The molecule has 0 saturated heterocycles. The summed E-state index contributed by atoms with van der Waals surface area (Å²) in [5, 5.41) is 10.3. The molecule has 0 saturated carbocycles. The van der Waals surface area contributed by atoms with Crippen molar-refractivity contribution in [2.45, 2.75) is 25.7 Å². The quantitative estimate of drug-likeness (QED) is 0.801. The number of anilines is 1. The van der Waals surface area contributed by atoms with Crippen molar-refractivity contribution in [3.63, 3.8) is 0 Å². The van der Waals surface area contributed by atoms with E-state index in [1.807, 2.05) is 0 Å². The maximum absolute atomic E-state index is 4.48. The van der Waals surface area contributed by atoms with Gasteiger partial charge < -0.3 is 10.6 Å². The molecule has 1 aromatic heterocycles. The fourth-order valence-electron chi connectivity index (χ4n) is 2.76. The van der Waals surface area contributed by atoms with Gasteiger partial charge in [-0.05, 0) is 31.5 Å². The Hall–Kier alpha value is -1.39. The molecule has 106 valence electrons. The van der Waals surface area contributed by atoms with Gasteiger partial charge in [-0.15, -0.1) is 11.3 Å². The first-order valence-corrected chi connectivity index (χ1v) is 8.15. The molecule has 20 heavy (non-hydrogen) atoms. The number of aryl methyl sites for hydroxylation is 1. The van der Waals surface area contributed by atoms with Crippen LogP contribution < -0.4 is 10.6 Å². The van der Waals surface area contributed by atoms with Crippen molar-refractivity contribution < 1.29 is 0 Å². The summed E-state index contributed by atoms with van der Waals surface area (Å²) in [6, 6.07) is 8.66. The van der Waals surface area contributed by atoms with Gasteiger partial charge in [-0.1, -0.05) is 18.2 Å². The third-order valence-corrected chi connectivity index (χ3v) is 4.66. The molecule has 0 aliphatic carbocycles. The van der Waals surface area contributed by atoms with Crippen molar-refractivity contribution in [2.75, 3.05) is 25.0 Å². The van der Waals surface area contributed by atoms with Crippen molar-refractivity contribution in [1.29, 1.82) is 0 Å². The predicted octanol–water partition coefficient (Wildman–Crippen LogP) is 3.18. The highest BCUT2D eigenvalue weighted by atomic mass is 32.1. The Kier molecular flexibility index (Phi) is 4.33. The smallest absolute Gasteiger partial charge is 0.0897 e. The normalized spacial score (nSPS) is 16.9. The van der Waals surface area contributed by atoms with Gasteiger partial charge in [-0.2, -0.15) is 0 Å². The molecule has 1 unspecified atom stereocenters. The van der Waals surface area contributed by atoms with E-state index in [4.69, 9.17) is 0 Å². The fourth-order valence-corrected chi connectivity index (χ4v) is 3.40. The van der Waals surface area contributed by atoms with Gasteiger partial charge in [0, 0.05) is 36.5 Å². The Bertz CT molecular complexity index is 564. The number of aromatic nitrogens is 1. The minimum absolute atomic E-state index is 0.653. The van der Waals surface area contributed by atoms with E-state index in [1.54, 1.807) is 11.3 Å². The Morgan fingerprint density at radius 2 is 2.25 bits per heavy atom. The molecule has 1 aliphatic rings. The highest BCUT2D eigenvalue weighted by Gasteiger charge is 2.20. The number of thiazole rings is 1. The second-order valence-electron chi connectivity index (χ2n) is 5.31. The summed E-state index contributed by atoms with van der Waals surface area (Å²) >= 11 is 1.73. The molecule has 0 radical (unpaired) electrons. The van der Waals surface area contributed by atoms with Gasteiger partial charge in [0.05, 0.1) is 10.7 Å². The SMILES string of the molecule is Cc1nc(CCNCCC2CNc3ccccc32)cs1. The molecule has 0 fully saturated rings. The average Bonchev–Trinajstić information content (AvgIpc) is 3.05. The van der Waals surface area contributed by atoms with Crippen molar-refractivity contribution in [2.24, 2.45) is 0 Å². The molecular formula is C16H21N3S. The maximum Gasteiger partial charge on any atom is 0.0897 e. The number of hydrogen-bond donors (Lipinski definition) is 2. The Balaban J connectivity index is 1.39. The van der Waals surface area contributed by atoms with Gasteiger partial charge in [0.2, 0.25) is 0 Å². The first-order valence-electron chi connectivity index (χ1n) is 7.27. The van der Waals surface area contributed by atoms with Crippen LogP contribution in [0.15, 0.2) is 29.6 Å². The number of benzene rings is 1. The number of nitrogens with zero attached hydrogens (tertiary/aromatic N) is 1. The number of para-hydroxylation sites is 1. The molecule has 3 nitrogen and oxygen atoms in total. The Labute approximate surface area is 124 Å². The molecular weight excluding hydrogens is 266 g/mol. The van der Waals surface area contributed by atoms with Gasteiger partial charge in [0.15, 0.2) is 0 Å². The van der Waals surface area contributed by atoms with Crippen LogP contribution in [-0.2, 0) is 6.42 Å². The summed E-state index contributed by atoms with van der Waals surface area (Å²) in [5.41, 5.74) is 4.01. The van der Waals surface area contributed by atoms with Gasteiger partial charge in [0.25, 0.3) is 0 Å². The predicted molar refractivity (Wildman–Crippen MR) is 85.7 cm³/mol. The molecule has 2 heterocycles. The lowest BCUT2D eigenvalue weighted by molar-refractivity contribution is 0.592. The van der Waals surface area contributed by atoms with Crippen LogP contribution in [-0.4, -0.2) is 24.6 Å². The summed E-state index contributed by atoms with van der Waals surface area (Å²) in [4.78, 5) is 4.48. The van der Waals surface area contributed by atoms with E-state index >= 15 is 0 Å². The van der Waals surface area contributed by atoms with Crippen LogP contribution in [0.1, 0.15) is 28.6 Å². The number of rotatable bonds is 6. The molecule has 1 aliphatic heterocycles. The topological polar surface area (TPSA) is 37.0 Å². The van der Waals surface area contributed by atoms with Crippen molar-refractivity contribution in [1.82, 2.24) is 10.3 Å². The zero-order chi connectivity index (χ0) is 13.8. The van der Waals surface area contributed by atoms with E-state index in [0.717, 1.165) is 31.1 Å².